The third-order valence-corrected chi connectivity index (χ3v) is 2.43. The molecule has 0 aliphatic carbocycles. The van der Waals surface area contributed by atoms with E-state index in [9.17, 15) is 18.0 Å². The number of aromatic nitrogens is 3. The molecule has 0 saturated carbocycles. The molecule has 0 aromatic carbocycles. The van der Waals surface area contributed by atoms with Gasteiger partial charge in [0.2, 0.25) is 5.88 Å². The van der Waals surface area contributed by atoms with Gasteiger partial charge < -0.3 is 15.8 Å². The van der Waals surface area contributed by atoms with Crippen LogP contribution in [0, 0.1) is 0 Å². The Labute approximate surface area is 155 Å². The lowest BCUT2D eigenvalue weighted by molar-refractivity contribution is -0.154. The van der Waals surface area contributed by atoms with E-state index in [1.54, 1.807) is 0 Å². The highest BCUT2D eigenvalue weighted by Gasteiger charge is 2.28. The number of amides is 1. The third-order valence-electron chi connectivity index (χ3n) is 2.43. The number of halogens is 3. The highest BCUT2D eigenvalue weighted by molar-refractivity contribution is 5.91. The number of ether oxygens (including phenoxy) is 1. The first-order chi connectivity index (χ1) is 12.4. The lowest BCUT2D eigenvalue weighted by atomic mass is 10.1. The van der Waals surface area contributed by atoms with Crippen molar-refractivity contribution in [3.05, 3.63) is 48.2 Å². The number of nitrogens with one attached hydrogen (secondary N) is 1. The van der Waals surface area contributed by atoms with Crippen molar-refractivity contribution < 1.29 is 22.7 Å². The molecular formula is C17H22F3N5O2. The summed E-state index contributed by atoms with van der Waals surface area (Å²) in [4.78, 5) is 23.0. The number of alkyl halides is 3. The molecule has 0 radical (unpaired) electrons. The summed E-state index contributed by atoms with van der Waals surface area (Å²) < 4.78 is 40.4. The van der Waals surface area contributed by atoms with Gasteiger partial charge in [0.15, 0.2) is 6.61 Å². The van der Waals surface area contributed by atoms with Gasteiger partial charge in [-0.25, -0.2) is 9.97 Å². The SMILES string of the molecule is CC(C)(C)N.O=C(NCc1ccc(OCC(F)(F)F)nc1)c1cnccn1. The van der Waals surface area contributed by atoms with Crippen LogP contribution in [0.4, 0.5) is 13.2 Å². The van der Waals surface area contributed by atoms with E-state index in [4.69, 9.17) is 5.73 Å². The topological polar surface area (TPSA) is 103 Å². The van der Waals surface area contributed by atoms with Crippen molar-refractivity contribution in [1.82, 2.24) is 20.3 Å². The van der Waals surface area contributed by atoms with Gasteiger partial charge in [-0.05, 0) is 26.3 Å². The molecule has 10 heteroatoms. The first-order valence-electron chi connectivity index (χ1n) is 7.91. The number of carbonyl (C=O) groups is 1. The highest BCUT2D eigenvalue weighted by Crippen LogP contribution is 2.17. The summed E-state index contributed by atoms with van der Waals surface area (Å²) in [5.41, 5.74) is 6.13. The highest BCUT2D eigenvalue weighted by atomic mass is 19.4. The molecule has 0 atom stereocenters. The molecule has 2 rings (SSSR count). The Kier molecular flexibility index (Phi) is 8.10. The molecule has 0 aliphatic heterocycles. The molecule has 2 aromatic rings. The van der Waals surface area contributed by atoms with Crippen LogP contribution >= 0.6 is 0 Å². The summed E-state index contributed by atoms with van der Waals surface area (Å²) in [6.07, 6.45) is 1.07. The standard InChI is InChI=1S/C13H11F3N4O2.C4H11N/c14-13(15,16)8-22-11-2-1-9(5-19-11)6-20-12(21)10-7-17-3-4-18-10;1-4(2,3)5/h1-5,7H,6,8H2,(H,20,21);5H2,1-3H3. The minimum absolute atomic E-state index is 0. The second kappa shape index (κ2) is 9.81. The minimum atomic E-state index is -4.41. The number of rotatable bonds is 5. The smallest absolute Gasteiger partial charge is 0.422 e. The summed E-state index contributed by atoms with van der Waals surface area (Å²) in [5.74, 6) is -0.549. The van der Waals surface area contributed by atoms with Crippen LogP contribution < -0.4 is 15.8 Å². The second-order valence-electron chi connectivity index (χ2n) is 6.55. The monoisotopic (exact) mass is 385 g/mol. The van der Waals surface area contributed by atoms with Crippen LogP contribution in [0.2, 0.25) is 0 Å². The van der Waals surface area contributed by atoms with Gasteiger partial charge >= 0.3 is 6.18 Å². The molecule has 2 aromatic heterocycles. The van der Waals surface area contributed by atoms with Gasteiger partial charge in [0.1, 0.15) is 5.69 Å². The van der Waals surface area contributed by atoms with Crippen LogP contribution in [0.25, 0.3) is 0 Å². The van der Waals surface area contributed by atoms with Crippen LogP contribution in [0.1, 0.15) is 36.8 Å². The molecule has 0 saturated heterocycles. The minimum Gasteiger partial charge on any atom is -0.468 e. The largest absolute Gasteiger partial charge is 0.468 e. The average Bonchev–Trinajstić information content (AvgIpc) is 2.57. The molecule has 2 heterocycles. The number of hydrogen-bond acceptors (Lipinski definition) is 6. The van der Waals surface area contributed by atoms with Gasteiger partial charge in [0, 0.05) is 36.7 Å². The van der Waals surface area contributed by atoms with Gasteiger partial charge in [-0.1, -0.05) is 6.07 Å². The first kappa shape index (κ1) is 22.3. The molecule has 0 aliphatic rings. The maximum absolute atomic E-state index is 12.0. The Bertz CT molecular complexity index is 695. The fraction of sp³-hybridized carbons (Fsp3) is 0.412. The predicted octanol–water partition coefficient (Wildman–Crippen LogP) is 2.49. The van der Waals surface area contributed by atoms with E-state index in [1.165, 1.54) is 36.9 Å². The molecule has 148 valence electrons. The Morgan fingerprint density at radius 3 is 2.30 bits per heavy atom. The molecular weight excluding hydrogens is 363 g/mol. The van der Waals surface area contributed by atoms with Gasteiger partial charge in [-0.15, -0.1) is 0 Å². The lowest BCUT2D eigenvalue weighted by Gasteiger charge is -2.09. The molecule has 27 heavy (non-hydrogen) atoms. The number of nitrogens with zero attached hydrogens (tertiary/aromatic N) is 3. The van der Waals surface area contributed by atoms with E-state index in [2.05, 4.69) is 25.0 Å². The molecule has 0 bridgehead atoms. The maximum atomic E-state index is 12.0. The fourth-order valence-corrected chi connectivity index (χ4v) is 1.45. The summed E-state index contributed by atoms with van der Waals surface area (Å²) in [6.45, 7) is 4.65. The van der Waals surface area contributed by atoms with Crippen LogP contribution in [-0.4, -0.2) is 39.2 Å². The first-order valence-corrected chi connectivity index (χ1v) is 7.91. The van der Waals surface area contributed by atoms with E-state index >= 15 is 0 Å². The van der Waals surface area contributed by atoms with Gasteiger partial charge in [-0.3, -0.25) is 9.78 Å². The Morgan fingerprint density at radius 1 is 1.15 bits per heavy atom. The summed E-state index contributed by atoms with van der Waals surface area (Å²) >= 11 is 0. The zero-order chi connectivity index (χ0) is 20.5. The van der Waals surface area contributed by atoms with Gasteiger partial charge in [0.25, 0.3) is 5.91 Å². The van der Waals surface area contributed by atoms with E-state index in [0.717, 1.165) is 0 Å². The molecule has 3 N–H and O–H groups in total. The van der Waals surface area contributed by atoms with Gasteiger partial charge in [-0.2, -0.15) is 13.2 Å². The van der Waals surface area contributed by atoms with E-state index in [1.807, 2.05) is 20.8 Å². The summed E-state index contributed by atoms with van der Waals surface area (Å²) in [6, 6.07) is 2.81. The number of nitrogens with two attached hydrogens (primary N) is 1. The van der Waals surface area contributed by atoms with E-state index < -0.39 is 18.7 Å². The lowest BCUT2D eigenvalue weighted by Crippen LogP contribution is -2.26. The van der Waals surface area contributed by atoms with Crippen LogP contribution in [0.15, 0.2) is 36.9 Å². The Balaban J connectivity index is 0.000000646. The van der Waals surface area contributed by atoms with Crippen molar-refractivity contribution in [3.63, 3.8) is 0 Å². The van der Waals surface area contributed by atoms with Crippen molar-refractivity contribution in [1.29, 1.82) is 0 Å². The molecule has 0 spiro atoms. The van der Waals surface area contributed by atoms with E-state index in [0.29, 0.717) is 5.56 Å². The van der Waals surface area contributed by atoms with Crippen LogP contribution in [0.5, 0.6) is 5.88 Å². The quantitative estimate of drug-likeness (QED) is 0.820. The maximum Gasteiger partial charge on any atom is 0.422 e. The van der Waals surface area contributed by atoms with Crippen molar-refractivity contribution in [3.8, 4) is 5.88 Å². The van der Waals surface area contributed by atoms with Crippen molar-refractivity contribution >= 4 is 5.91 Å². The van der Waals surface area contributed by atoms with Crippen molar-refractivity contribution in [2.75, 3.05) is 6.61 Å². The van der Waals surface area contributed by atoms with Crippen molar-refractivity contribution in [2.45, 2.75) is 39.0 Å². The predicted molar refractivity (Wildman–Crippen MR) is 92.9 cm³/mol. The number of hydrogen-bond donors (Lipinski definition) is 2. The Hall–Kier alpha value is -2.75. The normalized spacial score (nSPS) is 11.2. The number of carbonyl (C=O) groups excluding carboxylic acids is 1. The molecule has 7 nitrogen and oxygen atoms in total. The van der Waals surface area contributed by atoms with Gasteiger partial charge in [0.05, 0.1) is 6.20 Å². The van der Waals surface area contributed by atoms with Crippen LogP contribution in [0.3, 0.4) is 0 Å². The summed E-state index contributed by atoms with van der Waals surface area (Å²) in [5, 5.41) is 2.59. The third kappa shape index (κ3) is 11.5. The zero-order valence-electron chi connectivity index (χ0n) is 15.2. The summed E-state index contributed by atoms with van der Waals surface area (Å²) in [7, 11) is 0. The molecule has 1 amide bonds. The number of pyridine rings is 1. The molecule has 0 unspecified atom stereocenters. The second-order valence-corrected chi connectivity index (χ2v) is 6.55. The Morgan fingerprint density at radius 2 is 1.81 bits per heavy atom. The fourth-order valence-electron chi connectivity index (χ4n) is 1.45. The van der Waals surface area contributed by atoms with Crippen molar-refractivity contribution in [2.24, 2.45) is 5.73 Å². The molecule has 0 fully saturated rings. The average molecular weight is 385 g/mol. The zero-order valence-corrected chi connectivity index (χ0v) is 15.2. The van der Waals surface area contributed by atoms with Crippen LogP contribution in [-0.2, 0) is 6.54 Å². The van der Waals surface area contributed by atoms with E-state index in [-0.39, 0.29) is 23.7 Å².